The van der Waals surface area contributed by atoms with Crippen LogP contribution in [0.1, 0.15) is 39.5 Å². The molecule has 0 bridgehead atoms. The molecule has 0 fully saturated rings. The van der Waals surface area contributed by atoms with Gasteiger partial charge in [0.05, 0.1) is 5.54 Å². The average molecular weight is 260 g/mol. The summed E-state index contributed by atoms with van der Waals surface area (Å²) in [6.45, 7) is 6.77. The average Bonchev–Trinajstić information content (AvgIpc) is 2.33. The maximum absolute atomic E-state index is 11.4. The van der Waals surface area contributed by atoms with Crippen LogP contribution < -0.4 is 11.1 Å². The zero-order valence-electron chi connectivity index (χ0n) is 12.0. The minimum atomic E-state index is -0.592. The highest BCUT2D eigenvalue weighted by molar-refractivity contribution is 5.84. The molecule has 0 radical (unpaired) electrons. The lowest BCUT2D eigenvalue weighted by atomic mass is 9.94. The normalized spacial score (nSPS) is 14.4. The molecule has 0 spiro atoms. The molecule has 1 atom stereocenters. The van der Waals surface area contributed by atoms with Crippen LogP contribution in [0.25, 0.3) is 0 Å². The van der Waals surface area contributed by atoms with Crippen LogP contribution in [0.3, 0.4) is 0 Å². The number of ether oxygens (including phenoxy) is 2. The van der Waals surface area contributed by atoms with Gasteiger partial charge in [0.2, 0.25) is 5.91 Å². The molecule has 0 aliphatic heterocycles. The number of carbonyl (C=O) groups excluding carboxylic acids is 1. The summed E-state index contributed by atoms with van der Waals surface area (Å²) in [5, 5.41) is 3.15. The van der Waals surface area contributed by atoms with E-state index in [0.717, 1.165) is 52.0 Å². The van der Waals surface area contributed by atoms with Gasteiger partial charge in [0.25, 0.3) is 0 Å². The largest absolute Gasteiger partial charge is 0.385 e. The van der Waals surface area contributed by atoms with Crippen molar-refractivity contribution in [1.82, 2.24) is 5.32 Å². The van der Waals surface area contributed by atoms with Crippen molar-refractivity contribution in [2.75, 3.05) is 33.5 Å². The van der Waals surface area contributed by atoms with Crippen molar-refractivity contribution in [2.45, 2.75) is 45.1 Å². The number of primary amides is 1. The molecule has 1 unspecified atom stereocenters. The highest BCUT2D eigenvalue weighted by atomic mass is 16.5. The number of rotatable bonds is 12. The van der Waals surface area contributed by atoms with Gasteiger partial charge < -0.3 is 20.5 Å². The van der Waals surface area contributed by atoms with Crippen molar-refractivity contribution in [3.63, 3.8) is 0 Å². The van der Waals surface area contributed by atoms with Crippen LogP contribution in [0.15, 0.2) is 0 Å². The van der Waals surface area contributed by atoms with Gasteiger partial charge in [-0.25, -0.2) is 0 Å². The molecule has 0 aromatic heterocycles. The fourth-order valence-corrected chi connectivity index (χ4v) is 1.78. The van der Waals surface area contributed by atoms with Crippen LogP contribution in [0.5, 0.6) is 0 Å². The molecule has 0 aliphatic carbocycles. The second-order valence-corrected chi connectivity index (χ2v) is 4.64. The van der Waals surface area contributed by atoms with Crippen LogP contribution in [-0.2, 0) is 14.3 Å². The Morgan fingerprint density at radius 3 is 2.44 bits per heavy atom. The topological polar surface area (TPSA) is 73.6 Å². The molecule has 0 rings (SSSR count). The molecule has 3 N–H and O–H groups in total. The maximum Gasteiger partial charge on any atom is 0.237 e. The van der Waals surface area contributed by atoms with Gasteiger partial charge in [-0.1, -0.05) is 6.92 Å². The third-order valence-electron chi connectivity index (χ3n) is 2.96. The summed E-state index contributed by atoms with van der Waals surface area (Å²) >= 11 is 0. The monoisotopic (exact) mass is 260 g/mol. The highest BCUT2D eigenvalue weighted by Gasteiger charge is 2.28. The molecule has 0 aliphatic rings. The van der Waals surface area contributed by atoms with Crippen LogP contribution >= 0.6 is 0 Å². The molecule has 0 aromatic carbocycles. The van der Waals surface area contributed by atoms with E-state index in [-0.39, 0.29) is 5.91 Å². The zero-order chi connectivity index (χ0) is 13.9. The fraction of sp³-hybridized carbons (Fsp3) is 0.923. The fourth-order valence-electron chi connectivity index (χ4n) is 1.78. The predicted molar refractivity (Wildman–Crippen MR) is 72.4 cm³/mol. The van der Waals surface area contributed by atoms with Gasteiger partial charge in [-0.3, -0.25) is 4.79 Å². The van der Waals surface area contributed by atoms with E-state index in [4.69, 9.17) is 15.2 Å². The smallest absolute Gasteiger partial charge is 0.237 e. The van der Waals surface area contributed by atoms with Crippen LogP contribution in [-0.4, -0.2) is 44.9 Å². The van der Waals surface area contributed by atoms with E-state index in [9.17, 15) is 4.79 Å². The second kappa shape index (κ2) is 10.3. The van der Waals surface area contributed by atoms with Gasteiger partial charge >= 0.3 is 0 Å². The first-order valence-corrected chi connectivity index (χ1v) is 6.68. The number of nitrogens with one attached hydrogen (secondary N) is 1. The standard InChI is InChI=1S/C13H28N2O3/c1-4-15-13(2,12(14)16)8-5-6-10-18-11-7-9-17-3/h15H,4-11H2,1-3H3,(H2,14,16). The van der Waals surface area contributed by atoms with Crippen LogP contribution in [0.2, 0.25) is 0 Å². The van der Waals surface area contributed by atoms with Gasteiger partial charge in [0.15, 0.2) is 0 Å². The number of methoxy groups -OCH3 is 1. The third kappa shape index (κ3) is 7.63. The molecule has 0 saturated heterocycles. The third-order valence-corrected chi connectivity index (χ3v) is 2.96. The minimum Gasteiger partial charge on any atom is -0.385 e. The molecular weight excluding hydrogens is 232 g/mol. The number of nitrogens with two attached hydrogens (primary N) is 1. The van der Waals surface area contributed by atoms with E-state index in [1.165, 1.54) is 0 Å². The van der Waals surface area contributed by atoms with Gasteiger partial charge in [-0.05, 0) is 39.2 Å². The van der Waals surface area contributed by atoms with E-state index in [2.05, 4.69) is 5.32 Å². The van der Waals surface area contributed by atoms with E-state index >= 15 is 0 Å². The van der Waals surface area contributed by atoms with E-state index < -0.39 is 5.54 Å². The first kappa shape index (κ1) is 17.4. The minimum absolute atomic E-state index is 0.287. The Labute approximate surface area is 110 Å². The van der Waals surface area contributed by atoms with Crippen molar-refractivity contribution in [2.24, 2.45) is 5.73 Å². The number of carbonyl (C=O) groups is 1. The number of hydrogen-bond acceptors (Lipinski definition) is 4. The molecule has 108 valence electrons. The maximum atomic E-state index is 11.4. The Hall–Kier alpha value is -0.650. The van der Waals surface area contributed by atoms with Crippen molar-refractivity contribution in [3.8, 4) is 0 Å². The van der Waals surface area contributed by atoms with E-state index in [1.54, 1.807) is 7.11 Å². The SMILES string of the molecule is CCNC(C)(CCCCOCCCOC)C(N)=O. The lowest BCUT2D eigenvalue weighted by Gasteiger charge is -2.26. The Balaban J connectivity index is 3.59. The van der Waals surface area contributed by atoms with Crippen molar-refractivity contribution in [1.29, 1.82) is 0 Å². The summed E-state index contributed by atoms with van der Waals surface area (Å²) in [4.78, 5) is 11.4. The number of unbranched alkanes of at least 4 members (excludes halogenated alkanes) is 1. The van der Waals surface area contributed by atoms with Crippen LogP contribution in [0.4, 0.5) is 0 Å². The Bertz CT molecular complexity index is 224. The van der Waals surface area contributed by atoms with Gasteiger partial charge in [-0.2, -0.15) is 0 Å². The predicted octanol–water partition coefficient (Wildman–Crippen LogP) is 1.06. The highest BCUT2D eigenvalue weighted by Crippen LogP contribution is 2.13. The molecular formula is C13H28N2O3. The van der Waals surface area contributed by atoms with E-state index in [0.29, 0.717) is 0 Å². The second-order valence-electron chi connectivity index (χ2n) is 4.64. The van der Waals surface area contributed by atoms with Crippen molar-refractivity contribution >= 4 is 5.91 Å². The summed E-state index contributed by atoms with van der Waals surface area (Å²) in [6, 6.07) is 0. The quantitative estimate of drug-likeness (QED) is 0.515. The summed E-state index contributed by atoms with van der Waals surface area (Å²) in [6.07, 6.45) is 3.54. The number of hydrogen-bond donors (Lipinski definition) is 2. The summed E-state index contributed by atoms with van der Waals surface area (Å²) in [7, 11) is 1.69. The lowest BCUT2D eigenvalue weighted by Crippen LogP contribution is -2.52. The Kier molecular flexibility index (Phi) is 9.92. The molecule has 5 heteroatoms. The first-order chi connectivity index (χ1) is 8.56. The summed E-state index contributed by atoms with van der Waals surface area (Å²) < 4.78 is 10.4. The lowest BCUT2D eigenvalue weighted by molar-refractivity contribution is -0.124. The van der Waals surface area contributed by atoms with Gasteiger partial charge in [0.1, 0.15) is 0 Å². The number of amides is 1. The number of likely N-dealkylation sites (N-methyl/N-ethyl adjacent to an activating group) is 1. The summed E-state index contributed by atoms with van der Waals surface area (Å²) in [5.74, 6) is -0.287. The molecule has 5 nitrogen and oxygen atoms in total. The molecule has 18 heavy (non-hydrogen) atoms. The molecule has 0 aromatic rings. The Morgan fingerprint density at radius 2 is 1.89 bits per heavy atom. The van der Waals surface area contributed by atoms with Crippen LogP contribution in [0, 0.1) is 0 Å². The molecule has 0 heterocycles. The Morgan fingerprint density at radius 1 is 1.22 bits per heavy atom. The molecule has 1 amide bonds. The van der Waals surface area contributed by atoms with Crippen molar-refractivity contribution in [3.05, 3.63) is 0 Å². The van der Waals surface area contributed by atoms with Gasteiger partial charge in [0, 0.05) is 26.9 Å². The summed E-state index contributed by atoms with van der Waals surface area (Å²) in [5.41, 5.74) is 4.81. The van der Waals surface area contributed by atoms with Gasteiger partial charge in [-0.15, -0.1) is 0 Å². The molecule has 0 saturated carbocycles. The van der Waals surface area contributed by atoms with E-state index in [1.807, 2.05) is 13.8 Å². The van der Waals surface area contributed by atoms with Crippen molar-refractivity contribution < 1.29 is 14.3 Å². The first-order valence-electron chi connectivity index (χ1n) is 6.68. The zero-order valence-corrected chi connectivity index (χ0v) is 12.0.